The molecular weight excluding hydrogens is 408 g/mol. The molecule has 0 unspecified atom stereocenters. The number of benzene rings is 4. The quantitative estimate of drug-likeness (QED) is 0.267. The highest BCUT2D eigenvalue weighted by atomic mass is 35.5. The van der Waals surface area contributed by atoms with Gasteiger partial charge in [0.2, 0.25) is 0 Å². The maximum Gasteiger partial charge on any atom is 0.161 e. The summed E-state index contributed by atoms with van der Waals surface area (Å²) in [6, 6.07) is 28.0. The standard InChI is InChI=1S/C26H23ClN2O2/c1-30-26-15-20(17-29-28-16-19-9-12-23(27)13-10-19)11-14-25(26)31-18-22-7-4-6-21-5-2-3-8-24(21)22/h2-15,17,28H,16,18H2,1H3/b29-17-. The summed E-state index contributed by atoms with van der Waals surface area (Å²) in [5, 5.41) is 7.41. The number of methoxy groups -OCH3 is 1. The van der Waals surface area contributed by atoms with Gasteiger partial charge >= 0.3 is 0 Å². The van der Waals surface area contributed by atoms with E-state index in [2.05, 4.69) is 40.9 Å². The van der Waals surface area contributed by atoms with E-state index >= 15 is 0 Å². The number of halogens is 1. The van der Waals surface area contributed by atoms with Gasteiger partial charge in [-0.3, -0.25) is 0 Å². The van der Waals surface area contributed by atoms with Gasteiger partial charge in [-0.05, 0) is 57.8 Å². The van der Waals surface area contributed by atoms with Crippen LogP contribution in [0.1, 0.15) is 16.7 Å². The van der Waals surface area contributed by atoms with Gasteiger partial charge in [0, 0.05) is 5.02 Å². The summed E-state index contributed by atoms with van der Waals surface area (Å²) >= 11 is 5.91. The van der Waals surface area contributed by atoms with Gasteiger partial charge in [-0.2, -0.15) is 5.10 Å². The third kappa shape index (κ3) is 5.36. The topological polar surface area (TPSA) is 42.8 Å². The number of hydrazone groups is 1. The van der Waals surface area contributed by atoms with Crippen molar-refractivity contribution in [1.29, 1.82) is 0 Å². The van der Waals surface area contributed by atoms with Crippen LogP contribution in [0, 0.1) is 0 Å². The van der Waals surface area contributed by atoms with Crippen LogP contribution in [0.4, 0.5) is 0 Å². The molecule has 4 aromatic rings. The zero-order valence-electron chi connectivity index (χ0n) is 17.2. The first-order valence-electron chi connectivity index (χ1n) is 10.0. The third-order valence-electron chi connectivity index (χ3n) is 4.95. The molecule has 0 bridgehead atoms. The average molecular weight is 431 g/mol. The molecule has 0 radical (unpaired) electrons. The van der Waals surface area contributed by atoms with Gasteiger partial charge in [-0.1, -0.05) is 66.2 Å². The van der Waals surface area contributed by atoms with Gasteiger partial charge in [-0.15, -0.1) is 0 Å². The van der Waals surface area contributed by atoms with E-state index in [0.29, 0.717) is 24.7 Å². The van der Waals surface area contributed by atoms with Crippen molar-refractivity contribution in [3.63, 3.8) is 0 Å². The number of nitrogens with zero attached hydrogens (tertiary/aromatic N) is 1. The maximum atomic E-state index is 6.07. The lowest BCUT2D eigenvalue weighted by molar-refractivity contribution is 0.285. The molecule has 1 N–H and O–H groups in total. The Labute approximate surface area is 187 Å². The summed E-state index contributed by atoms with van der Waals surface area (Å²) in [7, 11) is 1.64. The molecule has 5 heteroatoms. The number of hydrogen-bond donors (Lipinski definition) is 1. The van der Waals surface area contributed by atoms with Gasteiger partial charge in [0.05, 0.1) is 19.9 Å². The van der Waals surface area contributed by atoms with Crippen LogP contribution in [-0.4, -0.2) is 13.3 Å². The molecule has 0 atom stereocenters. The third-order valence-corrected chi connectivity index (χ3v) is 5.20. The number of rotatable bonds is 8. The Kier molecular flexibility index (Phi) is 6.70. The van der Waals surface area contributed by atoms with E-state index in [1.165, 1.54) is 10.8 Å². The zero-order chi connectivity index (χ0) is 21.5. The normalized spacial score (nSPS) is 11.0. The molecule has 0 saturated carbocycles. The molecule has 31 heavy (non-hydrogen) atoms. The average Bonchev–Trinajstić information content (AvgIpc) is 2.82. The molecule has 0 aliphatic carbocycles. The van der Waals surface area contributed by atoms with Crippen molar-refractivity contribution in [2.45, 2.75) is 13.2 Å². The molecule has 0 heterocycles. The number of fused-ring (bicyclic) bond motifs is 1. The summed E-state index contributed by atoms with van der Waals surface area (Å²) in [5.74, 6) is 1.36. The minimum atomic E-state index is 0.466. The zero-order valence-corrected chi connectivity index (χ0v) is 18.0. The first-order chi connectivity index (χ1) is 15.2. The Bertz CT molecular complexity index is 1180. The predicted molar refractivity (Wildman–Crippen MR) is 127 cm³/mol. The van der Waals surface area contributed by atoms with E-state index in [1.807, 2.05) is 54.6 Å². The van der Waals surface area contributed by atoms with Crippen molar-refractivity contribution in [2.24, 2.45) is 5.10 Å². The van der Waals surface area contributed by atoms with Crippen molar-refractivity contribution in [1.82, 2.24) is 5.43 Å². The summed E-state index contributed by atoms with van der Waals surface area (Å²) in [6.45, 7) is 1.09. The molecule has 0 aromatic heterocycles. The van der Waals surface area contributed by atoms with Gasteiger partial charge < -0.3 is 14.9 Å². The Morgan fingerprint density at radius 2 is 1.71 bits per heavy atom. The fourth-order valence-corrected chi connectivity index (χ4v) is 3.44. The van der Waals surface area contributed by atoms with Gasteiger partial charge in [0.25, 0.3) is 0 Å². The molecule has 0 spiro atoms. The van der Waals surface area contributed by atoms with Gasteiger partial charge in [-0.25, -0.2) is 0 Å². The van der Waals surface area contributed by atoms with Crippen molar-refractivity contribution in [2.75, 3.05) is 7.11 Å². The fraction of sp³-hybridized carbons (Fsp3) is 0.115. The Balaban J connectivity index is 1.40. The molecule has 4 aromatic carbocycles. The molecule has 0 fully saturated rings. The second-order valence-electron chi connectivity index (χ2n) is 7.06. The van der Waals surface area contributed by atoms with E-state index < -0.39 is 0 Å². The lowest BCUT2D eigenvalue weighted by Gasteiger charge is -2.12. The first kappa shape index (κ1) is 20.8. The molecule has 0 aliphatic heterocycles. The van der Waals surface area contributed by atoms with Crippen LogP contribution in [0.3, 0.4) is 0 Å². The second kappa shape index (κ2) is 10.0. The van der Waals surface area contributed by atoms with E-state index in [1.54, 1.807) is 13.3 Å². The lowest BCUT2D eigenvalue weighted by Crippen LogP contribution is -2.05. The summed E-state index contributed by atoms with van der Waals surface area (Å²) < 4.78 is 11.6. The predicted octanol–water partition coefficient (Wildman–Crippen LogP) is 6.20. The monoisotopic (exact) mass is 430 g/mol. The van der Waals surface area contributed by atoms with Crippen molar-refractivity contribution >= 4 is 28.6 Å². The molecule has 156 valence electrons. The van der Waals surface area contributed by atoms with Crippen molar-refractivity contribution in [3.8, 4) is 11.5 Å². The largest absolute Gasteiger partial charge is 0.493 e. The minimum Gasteiger partial charge on any atom is -0.493 e. The van der Waals surface area contributed by atoms with Gasteiger partial charge in [0.15, 0.2) is 11.5 Å². The number of ether oxygens (including phenoxy) is 2. The Hall–Kier alpha value is -3.50. The van der Waals surface area contributed by atoms with Crippen LogP contribution in [0.5, 0.6) is 11.5 Å². The minimum absolute atomic E-state index is 0.466. The van der Waals surface area contributed by atoms with Crippen molar-refractivity contribution in [3.05, 3.63) is 107 Å². The Morgan fingerprint density at radius 3 is 2.55 bits per heavy atom. The van der Waals surface area contributed by atoms with Crippen LogP contribution in [0.15, 0.2) is 90.0 Å². The number of hydrogen-bond acceptors (Lipinski definition) is 4. The highest BCUT2D eigenvalue weighted by Crippen LogP contribution is 2.29. The molecular formula is C26H23ClN2O2. The summed E-state index contributed by atoms with van der Waals surface area (Å²) in [4.78, 5) is 0. The lowest BCUT2D eigenvalue weighted by atomic mass is 10.1. The number of nitrogens with one attached hydrogen (secondary N) is 1. The van der Waals surface area contributed by atoms with E-state index in [0.717, 1.165) is 21.7 Å². The van der Waals surface area contributed by atoms with Crippen LogP contribution in [0.2, 0.25) is 5.02 Å². The smallest absolute Gasteiger partial charge is 0.161 e. The molecule has 0 aliphatic rings. The van der Waals surface area contributed by atoms with Crippen LogP contribution in [0.25, 0.3) is 10.8 Å². The highest BCUT2D eigenvalue weighted by Gasteiger charge is 2.07. The molecule has 0 saturated heterocycles. The SMILES string of the molecule is COc1cc(/C=N\NCc2ccc(Cl)cc2)ccc1OCc1cccc2ccccc12. The molecule has 0 amide bonds. The highest BCUT2D eigenvalue weighted by molar-refractivity contribution is 6.30. The maximum absolute atomic E-state index is 6.07. The first-order valence-corrected chi connectivity index (χ1v) is 10.4. The van der Waals surface area contributed by atoms with Crippen LogP contribution in [-0.2, 0) is 13.2 Å². The fourth-order valence-electron chi connectivity index (χ4n) is 3.32. The van der Waals surface area contributed by atoms with Crippen LogP contribution < -0.4 is 14.9 Å². The Morgan fingerprint density at radius 1 is 0.903 bits per heavy atom. The summed E-state index contributed by atoms with van der Waals surface area (Å²) in [6.07, 6.45) is 1.76. The summed E-state index contributed by atoms with van der Waals surface area (Å²) in [5.41, 5.74) is 6.20. The van der Waals surface area contributed by atoms with E-state index in [-0.39, 0.29) is 0 Å². The second-order valence-corrected chi connectivity index (χ2v) is 7.49. The molecule has 4 nitrogen and oxygen atoms in total. The van der Waals surface area contributed by atoms with E-state index in [9.17, 15) is 0 Å². The van der Waals surface area contributed by atoms with Gasteiger partial charge in [0.1, 0.15) is 6.61 Å². The molecule has 4 rings (SSSR count). The van der Waals surface area contributed by atoms with Crippen molar-refractivity contribution < 1.29 is 9.47 Å². The van der Waals surface area contributed by atoms with Crippen LogP contribution >= 0.6 is 11.6 Å². The van der Waals surface area contributed by atoms with E-state index in [4.69, 9.17) is 21.1 Å².